The zero-order valence-electron chi connectivity index (χ0n) is 16.0. The Morgan fingerprint density at radius 3 is 2.69 bits per heavy atom. The van der Waals surface area contributed by atoms with E-state index in [1.807, 2.05) is 42.6 Å². The maximum Gasteiger partial charge on any atom is 0.231 e. The van der Waals surface area contributed by atoms with Crippen molar-refractivity contribution in [3.8, 4) is 5.69 Å². The Morgan fingerprint density at radius 2 is 1.83 bits per heavy atom. The number of para-hydroxylation sites is 1. The number of nitrogens with zero attached hydrogens (tertiary/aromatic N) is 3. The van der Waals surface area contributed by atoms with Gasteiger partial charge >= 0.3 is 0 Å². The second-order valence-corrected chi connectivity index (χ2v) is 7.68. The lowest BCUT2D eigenvalue weighted by Gasteiger charge is -2.17. The third kappa shape index (κ3) is 3.42. The summed E-state index contributed by atoms with van der Waals surface area (Å²) in [6.45, 7) is 0.406. The molecule has 146 valence electrons. The highest BCUT2D eigenvalue weighted by Gasteiger charge is 2.35. The van der Waals surface area contributed by atoms with Gasteiger partial charge in [0.15, 0.2) is 5.82 Å². The van der Waals surface area contributed by atoms with Crippen LogP contribution in [0.4, 0.5) is 11.5 Å². The quantitative estimate of drug-likeness (QED) is 0.748. The predicted octanol–water partition coefficient (Wildman–Crippen LogP) is 3.35. The molecule has 2 heterocycles. The minimum Gasteiger partial charge on any atom is -0.312 e. The van der Waals surface area contributed by atoms with E-state index in [1.165, 1.54) is 17.5 Å². The number of carbonyl (C=O) groups excluding carboxylic acids is 2. The number of carbonyl (C=O) groups is 2. The zero-order chi connectivity index (χ0) is 19.8. The Labute approximate surface area is 169 Å². The molecule has 29 heavy (non-hydrogen) atoms. The second kappa shape index (κ2) is 7.20. The summed E-state index contributed by atoms with van der Waals surface area (Å²) >= 11 is 0. The SMILES string of the molecule is O=C(Nc1ccn(-c2ccccc2)n1)C1CC(=O)N(c2ccc3c(c2)CCC3)C1. The van der Waals surface area contributed by atoms with Gasteiger partial charge in [-0.25, -0.2) is 4.68 Å². The minimum absolute atomic E-state index is 0.00193. The van der Waals surface area contributed by atoms with Crippen LogP contribution in [0.5, 0.6) is 0 Å². The summed E-state index contributed by atoms with van der Waals surface area (Å²) in [6, 6.07) is 17.7. The molecule has 6 heteroatoms. The fourth-order valence-corrected chi connectivity index (χ4v) is 4.20. The first kappa shape index (κ1) is 17.7. The van der Waals surface area contributed by atoms with E-state index in [9.17, 15) is 9.59 Å². The predicted molar refractivity (Wildman–Crippen MR) is 111 cm³/mol. The topological polar surface area (TPSA) is 67.2 Å². The van der Waals surface area contributed by atoms with E-state index in [0.29, 0.717) is 12.4 Å². The molecule has 2 aromatic carbocycles. The molecular weight excluding hydrogens is 364 g/mol. The molecule has 1 fully saturated rings. The zero-order valence-corrected chi connectivity index (χ0v) is 16.0. The van der Waals surface area contributed by atoms with Gasteiger partial charge in [-0.3, -0.25) is 9.59 Å². The van der Waals surface area contributed by atoms with Crippen molar-refractivity contribution >= 4 is 23.3 Å². The molecule has 1 aliphatic carbocycles. The summed E-state index contributed by atoms with van der Waals surface area (Å²) in [5, 5.41) is 7.27. The molecule has 0 spiro atoms. The lowest BCUT2D eigenvalue weighted by molar-refractivity contribution is -0.122. The monoisotopic (exact) mass is 386 g/mol. The van der Waals surface area contributed by atoms with Gasteiger partial charge in [-0.05, 0) is 54.7 Å². The van der Waals surface area contributed by atoms with Crippen molar-refractivity contribution in [3.05, 3.63) is 71.9 Å². The van der Waals surface area contributed by atoms with Gasteiger partial charge in [-0.1, -0.05) is 24.3 Å². The highest BCUT2D eigenvalue weighted by molar-refractivity contribution is 6.03. The van der Waals surface area contributed by atoms with Gasteiger partial charge in [0.1, 0.15) is 0 Å². The average molecular weight is 386 g/mol. The molecular formula is C23H22N4O2. The molecule has 0 bridgehead atoms. The third-order valence-electron chi connectivity index (χ3n) is 5.75. The summed E-state index contributed by atoms with van der Waals surface area (Å²) in [7, 11) is 0. The number of anilines is 2. The molecule has 5 rings (SSSR count). The van der Waals surface area contributed by atoms with Crippen LogP contribution in [0.3, 0.4) is 0 Å². The fraction of sp³-hybridized carbons (Fsp3) is 0.261. The first-order valence-electron chi connectivity index (χ1n) is 10.0. The van der Waals surface area contributed by atoms with Crippen molar-refractivity contribution in [2.45, 2.75) is 25.7 Å². The lowest BCUT2D eigenvalue weighted by atomic mass is 10.1. The molecule has 3 aromatic rings. The number of benzene rings is 2. The van der Waals surface area contributed by atoms with E-state index >= 15 is 0 Å². The van der Waals surface area contributed by atoms with Crippen LogP contribution in [0, 0.1) is 5.92 Å². The number of hydrogen-bond acceptors (Lipinski definition) is 3. The molecule has 1 aromatic heterocycles. The van der Waals surface area contributed by atoms with E-state index in [2.05, 4.69) is 22.5 Å². The number of nitrogens with one attached hydrogen (secondary N) is 1. The average Bonchev–Trinajstić information content (AvgIpc) is 3.47. The summed E-state index contributed by atoms with van der Waals surface area (Å²) < 4.78 is 1.71. The van der Waals surface area contributed by atoms with E-state index in [1.54, 1.807) is 15.6 Å². The molecule has 2 amide bonds. The Bertz CT molecular complexity index is 1070. The first-order valence-corrected chi connectivity index (χ1v) is 10.0. The Hall–Kier alpha value is -3.41. The Kier molecular flexibility index (Phi) is 4.39. The molecule has 0 saturated carbocycles. The highest BCUT2D eigenvalue weighted by Crippen LogP contribution is 2.31. The summed E-state index contributed by atoms with van der Waals surface area (Å²) in [4.78, 5) is 27.0. The van der Waals surface area contributed by atoms with E-state index in [-0.39, 0.29) is 24.2 Å². The van der Waals surface area contributed by atoms with Crippen LogP contribution >= 0.6 is 0 Å². The Morgan fingerprint density at radius 1 is 1.00 bits per heavy atom. The van der Waals surface area contributed by atoms with Crippen LogP contribution in [-0.2, 0) is 22.4 Å². The molecule has 1 N–H and O–H groups in total. The van der Waals surface area contributed by atoms with E-state index in [4.69, 9.17) is 0 Å². The maximum atomic E-state index is 12.7. The van der Waals surface area contributed by atoms with Gasteiger partial charge in [-0.15, -0.1) is 0 Å². The number of fused-ring (bicyclic) bond motifs is 1. The van der Waals surface area contributed by atoms with Gasteiger partial charge in [-0.2, -0.15) is 5.10 Å². The van der Waals surface area contributed by atoms with Crippen molar-refractivity contribution in [2.75, 3.05) is 16.8 Å². The molecule has 1 saturated heterocycles. The Balaban J connectivity index is 1.27. The molecule has 1 atom stereocenters. The molecule has 0 radical (unpaired) electrons. The van der Waals surface area contributed by atoms with Crippen LogP contribution in [-0.4, -0.2) is 28.1 Å². The van der Waals surface area contributed by atoms with Crippen molar-refractivity contribution < 1.29 is 9.59 Å². The van der Waals surface area contributed by atoms with Crippen molar-refractivity contribution in [1.82, 2.24) is 9.78 Å². The third-order valence-corrected chi connectivity index (χ3v) is 5.75. The number of hydrogen-bond donors (Lipinski definition) is 1. The van der Waals surface area contributed by atoms with Gasteiger partial charge in [0.25, 0.3) is 0 Å². The fourth-order valence-electron chi connectivity index (χ4n) is 4.20. The molecule has 1 unspecified atom stereocenters. The molecule has 1 aliphatic heterocycles. The maximum absolute atomic E-state index is 12.7. The summed E-state index contributed by atoms with van der Waals surface area (Å²) in [5.74, 6) is -0.0573. The van der Waals surface area contributed by atoms with Crippen LogP contribution < -0.4 is 10.2 Å². The van der Waals surface area contributed by atoms with Crippen LogP contribution in [0.1, 0.15) is 24.0 Å². The molecule has 2 aliphatic rings. The van der Waals surface area contributed by atoms with Gasteiger partial charge in [0.05, 0.1) is 11.6 Å². The summed E-state index contributed by atoms with van der Waals surface area (Å²) in [5.41, 5.74) is 4.53. The second-order valence-electron chi connectivity index (χ2n) is 7.68. The number of amides is 2. The first-order chi connectivity index (χ1) is 14.2. The van der Waals surface area contributed by atoms with E-state index < -0.39 is 0 Å². The van der Waals surface area contributed by atoms with Crippen molar-refractivity contribution in [1.29, 1.82) is 0 Å². The van der Waals surface area contributed by atoms with Crippen molar-refractivity contribution in [2.24, 2.45) is 5.92 Å². The highest BCUT2D eigenvalue weighted by atomic mass is 16.2. The number of aryl methyl sites for hydroxylation is 2. The minimum atomic E-state index is -0.377. The summed E-state index contributed by atoms with van der Waals surface area (Å²) in [6.07, 6.45) is 5.39. The standard InChI is InChI=1S/C23H22N4O2/c28-22-14-18(15-26(22)20-10-9-16-5-4-6-17(16)13-20)23(29)24-21-11-12-27(25-21)19-7-2-1-3-8-19/h1-3,7-13,18H,4-6,14-15H2,(H,24,25,29). The van der Waals surface area contributed by atoms with Gasteiger partial charge < -0.3 is 10.2 Å². The largest absolute Gasteiger partial charge is 0.312 e. The normalized spacial score (nSPS) is 18.1. The smallest absolute Gasteiger partial charge is 0.231 e. The number of aromatic nitrogens is 2. The van der Waals surface area contributed by atoms with Gasteiger partial charge in [0, 0.05) is 30.9 Å². The molecule has 6 nitrogen and oxygen atoms in total. The van der Waals surface area contributed by atoms with Crippen LogP contribution in [0.15, 0.2) is 60.8 Å². The van der Waals surface area contributed by atoms with E-state index in [0.717, 1.165) is 24.2 Å². The lowest BCUT2D eigenvalue weighted by Crippen LogP contribution is -2.28. The van der Waals surface area contributed by atoms with Gasteiger partial charge in [0.2, 0.25) is 11.8 Å². The van der Waals surface area contributed by atoms with Crippen LogP contribution in [0.2, 0.25) is 0 Å². The van der Waals surface area contributed by atoms with Crippen molar-refractivity contribution in [3.63, 3.8) is 0 Å². The van der Waals surface area contributed by atoms with Crippen LogP contribution in [0.25, 0.3) is 5.69 Å². The number of rotatable bonds is 4.